The normalized spacial score (nSPS) is 12.4. The van der Waals surface area contributed by atoms with Gasteiger partial charge < -0.3 is 34.5 Å². The highest BCUT2D eigenvalue weighted by Crippen LogP contribution is 2.39. The van der Waals surface area contributed by atoms with Crippen molar-refractivity contribution >= 4 is 34.0 Å². The third-order valence-electron chi connectivity index (χ3n) is 6.17. The molecule has 2 aromatic carbocycles. The summed E-state index contributed by atoms with van der Waals surface area (Å²) in [5, 5.41) is 7.20. The summed E-state index contributed by atoms with van der Waals surface area (Å²) in [6.45, 7) is 5.76. The topological polar surface area (TPSA) is 98.4 Å². The first-order chi connectivity index (χ1) is 18.5. The van der Waals surface area contributed by atoms with Crippen LogP contribution in [0.4, 0.5) is 15.5 Å². The second-order valence-corrected chi connectivity index (χ2v) is 9.60. The molecule has 0 fully saturated rings. The third kappa shape index (κ3) is 5.96. The number of rotatable bonds is 10. The number of hydrogen-bond acceptors (Lipinski definition) is 8. The summed E-state index contributed by atoms with van der Waals surface area (Å²) in [6, 6.07) is 13.0. The van der Waals surface area contributed by atoms with Gasteiger partial charge in [0.15, 0.2) is 0 Å². The second kappa shape index (κ2) is 12.6. The molecule has 0 atom stereocenters. The van der Waals surface area contributed by atoms with Crippen molar-refractivity contribution in [2.45, 2.75) is 33.4 Å². The SMILES string of the molecule is CCOC(=O)N1CCc2c(sc(NCc3cc(OC)ccc3OC)c2C(=O)Nc2ccccc2OCC)C1. The molecule has 9 nitrogen and oxygen atoms in total. The number of carbonyl (C=O) groups excluding carboxylic acids is 2. The minimum Gasteiger partial charge on any atom is -0.497 e. The van der Waals surface area contributed by atoms with Crippen LogP contribution in [0.15, 0.2) is 42.5 Å². The molecule has 202 valence electrons. The summed E-state index contributed by atoms with van der Waals surface area (Å²) in [5.41, 5.74) is 2.99. The highest BCUT2D eigenvalue weighted by molar-refractivity contribution is 7.16. The van der Waals surface area contributed by atoms with Gasteiger partial charge in [-0.1, -0.05) is 12.1 Å². The molecule has 38 heavy (non-hydrogen) atoms. The largest absolute Gasteiger partial charge is 0.497 e. The molecular formula is C28H33N3O6S. The number of benzene rings is 2. The fraction of sp³-hybridized carbons (Fsp3) is 0.357. The van der Waals surface area contributed by atoms with E-state index in [0.717, 1.165) is 21.0 Å². The predicted octanol–water partition coefficient (Wildman–Crippen LogP) is 5.54. The zero-order valence-electron chi connectivity index (χ0n) is 22.1. The Morgan fingerprint density at radius 1 is 1.03 bits per heavy atom. The minimum atomic E-state index is -0.348. The lowest BCUT2D eigenvalue weighted by Gasteiger charge is -2.26. The molecule has 10 heteroatoms. The van der Waals surface area contributed by atoms with E-state index in [1.165, 1.54) is 11.3 Å². The van der Waals surface area contributed by atoms with Gasteiger partial charge in [0.1, 0.15) is 22.2 Å². The Balaban J connectivity index is 1.66. The molecule has 0 spiro atoms. The first-order valence-electron chi connectivity index (χ1n) is 12.5. The van der Waals surface area contributed by atoms with Gasteiger partial charge in [-0.25, -0.2) is 4.79 Å². The van der Waals surface area contributed by atoms with E-state index < -0.39 is 0 Å². The Labute approximate surface area is 226 Å². The molecule has 3 aromatic rings. The van der Waals surface area contributed by atoms with Crippen LogP contribution in [0.3, 0.4) is 0 Å². The maximum absolute atomic E-state index is 13.7. The lowest BCUT2D eigenvalue weighted by Crippen LogP contribution is -2.36. The van der Waals surface area contributed by atoms with Gasteiger partial charge in [0, 0.05) is 23.5 Å². The van der Waals surface area contributed by atoms with Crippen LogP contribution in [0, 0.1) is 0 Å². The van der Waals surface area contributed by atoms with E-state index in [-0.39, 0.29) is 12.0 Å². The fourth-order valence-corrected chi connectivity index (χ4v) is 5.63. The Morgan fingerprint density at radius 3 is 2.58 bits per heavy atom. The lowest BCUT2D eigenvalue weighted by atomic mass is 10.0. The van der Waals surface area contributed by atoms with Gasteiger partial charge in [0.05, 0.1) is 45.2 Å². The molecule has 2 amide bonds. The molecule has 4 rings (SSSR count). The standard InChI is InChI=1S/C28H33N3O6S/c1-5-36-23-10-8-7-9-21(23)30-26(32)25-20-13-14-31(28(33)37-6-2)17-24(20)38-27(25)29-16-18-15-19(34-3)11-12-22(18)35-4/h7-12,15,29H,5-6,13-14,16-17H2,1-4H3,(H,30,32). The number of amides is 2. The van der Waals surface area contributed by atoms with E-state index in [4.69, 9.17) is 18.9 Å². The molecule has 0 saturated heterocycles. The first kappa shape index (κ1) is 27.1. The summed E-state index contributed by atoms with van der Waals surface area (Å²) in [6.07, 6.45) is 0.198. The molecule has 0 radical (unpaired) electrons. The number of para-hydroxylation sites is 2. The molecule has 1 aliphatic heterocycles. The van der Waals surface area contributed by atoms with Gasteiger partial charge in [0.25, 0.3) is 5.91 Å². The molecule has 2 heterocycles. The van der Waals surface area contributed by atoms with Crippen molar-refractivity contribution in [1.82, 2.24) is 4.90 Å². The summed E-state index contributed by atoms with van der Waals surface area (Å²) in [4.78, 5) is 28.7. The molecule has 0 aliphatic carbocycles. The predicted molar refractivity (Wildman–Crippen MR) is 148 cm³/mol. The van der Waals surface area contributed by atoms with Crippen LogP contribution < -0.4 is 24.8 Å². The van der Waals surface area contributed by atoms with Crippen LogP contribution in [0.2, 0.25) is 0 Å². The highest BCUT2D eigenvalue weighted by Gasteiger charge is 2.30. The van der Waals surface area contributed by atoms with Crippen LogP contribution >= 0.6 is 11.3 Å². The van der Waals surface area contributed by atoms with E-state index in [2.05, 4.69) is 10.6 Å². The van der Waals surface area contributed by atoms with Gasteiger partial charge in [-0.15, -0.1) is 11.3 Å². The van der Waals surface area contributed by atoms with Gasteiger partial charge in [-0.05, 0) is 56.2 Å². The number of ether oxygens (including phenoxy) is 4. The van der Waals surface area contributed by atoms with Gasteiger partial charge in [-0.2, -0.15) is 0 Å². The third-order valence-corrected chi connectivity index (χ3v) is 7.35. The maximum atomic E-state index is 13.7. The number of fused-ring (bicyclic) bond motifs is 1. The number of anilines is 2. The molecule has 0 bridgehead atoms. The monoisotopic (exact) mass is 539 g/mol. The van der Waals surface area contributed by atoms with Crippen molar-refractivity contribution < 1.29 is 28.5 Å². The Hall–Kier alpha value is -3.92. The zero-order valence-corrected chi connectivity index (χ0v) is 22.9. The molecule has 0 saturated carbocycles. The van der Waals surface area contributed by atoms with E-state index in [9.17, 15) is 9.59 Å². The quantitative estimate of drug-likeness (QED) is 0.349. The van der Waals surface area contributed by atoms with Crippen molar-refractivity contribution in [2.75, 3.05) is 44.6 Å². The summed E-state index contributed by atoms with van der Waals surface area (Å²) >= 11 is 1.47. The van der Waals surface area contributed by atoms with Crippen LogP contribution in [0.1, 0.15) is 40.2 Å². The van der Waals surface area contributed by atoms with Crippen molar-refractivity contribution in [3.05, 3.63) is 64.0 Å². The van der Waals surface area contributed by atoms with E-state index in [0.29, 0.717) is 67.8 Å². The van der Waals surface area contributed by atoms with Crippen LogP contribution in [0.5, 0.6) is 17.2 Å². The van der Waals surface area contributed by atoms with Gasteiger partial charge in [-0.3, -0.25) is 4.79 Å². The lowest BCUT2D eigenvalue weighted by molar-refractivity contribution is 0.102. The summed E-state index contributed by atoms with van der Waals surface area (Å²) in [7, 11) is 3.23. The van der Waals surface area contributed by atoms with Gasteiger partial charge >= 0.3 is 6.09 Å². The van der Waals surface area contributed by atoms with Crippen molar-refractivity contribution in [3.8, 4) is 17.2 Å². The van der Waals surface area contributed by atoms with Crippen LogP contribution in [-0.2, 0) is 24.2 Å². The van der Waals surface area contributed by atoms with Crippen LogP contribution in [0.25, 0.3) is 0 Å². The Kier molecular flexibility index (Phi) is 8.96. The second-order valence-electron chi connectivity index (χ2n) is 8.49. The average molecular weight is 540 g/mol. The van der Waals surface area contributed by atoms with E-state index in [1.54, 1.807) is 26.0 Å². The minimum absolute atomic E-state index is 0.237. The number of thiophene rings is 1. The average Bonchev–Trinajstić information content (AvgIpc) is 3.30. The Bertz CT molecular complexity index is 1290. The van der Waals surface area contributed by atoms with Crippen molar-refractivity contribution in [1.29, 1.82) is 0 Å². The smallest absolute Gasteiger partial charge is 0.410 e. The maximum Gasteiger partial charge on any atom is 0.410 e. The number of nitrogens with zero attached hydrogens (tertiary/aromatic N) is 1. The summed E-state index contributed by atoms with van der Waals surface area (Å²) in [5.74, 6) is 1.80. The van der Waals surface area contributed by atoms with Gasteiger partial charge in [0.2, 0.25) is 0 Å². The molecule has 0 unspecified atom stereocenters. The number of hydrogen-bond donors (Lipinski definition) is 2. The van der Waals surface area contributed by atoms with Crippen molar-refractivity contribution in [2.24, 2.45) is 0 Å². The number of carbonyl (C=O) groups is 2. The van der Waals surface area contributed by atoms with E-state index in [1.807, 2.05) is 49.4 Å². The molecule has 1 aromatic heterocycles. The molecule has 1 aliphatic rings. The highest BCUT2D eigenvalue weighted by atomic mass is 32.1. The van der Waals surface area contributed by atoms with Crippen LogP contribution in [-0.4, -0.2) is 50.9 Å². The Morgan fingerprint density at radius 2 is 1.84 bits per heavy atom. The first-order valence-corrected chi connectivity index (χ1v) is 13.3. The molecular weight excluding hydrogens is 506 g/mol. The number of methoxy groups -OCH3 is 2. The number of nitrogens with one attached hydrogen (secondary N) is 2. The zero-order chi connectivity index (χ0) is 27.1. The molecule has 2 N–H and O–H groups in total. The van der Waals surface area contributed by atoms with E-state index >= 15 is 0 Å². The van der Waals surface area contributed by atoms with Crippen molar-refractivity contribution in [3.63, 3.8) is 0 Å². The fourth-order valence-electron chi connectivity index (χ4n) is 4.37. The summed E-state index contributed by atoms with van der Waals surface area (Å²) < 4.78 is 21.8.